The van der Waals surface area contributed by atoms with Gasteiger partial charge in [0.2, 0.25) is 0 Å². The van der Waals surface area contributed by atoms with E-state index >= 15 is 0 Å². The van der Waals surface area contributed by atoms with Gasteiger partial charge in [-0.05, 0) is 31.2 Å². The van der Waals surface area contributed by atoms with Gasteiger partial charge in [-0.15, -0.1) is 0 Å². The molecule has 0 aromatic heterocycles. The van der Waals surface area contributed by atoms with Crippen molar-refractivity contribution < 1.29 is 17.9 Å². The lowest BCUT2D eigenvalue weighted by Crippen LogP contribution is -2.15. The quantitative estimate of drug-likeness (QED) is 0.586. The third kappa shape index (κ3) is 4.70. The van der Waals surface area contributed by atoms with E-state index in [2.05, 4.69) is 0 Å². The first-order chi connectivity index (χ1) is 10.8. The predicted molar refractivity (Wildman–Crippen MR) is 89.9 cm³/mol. The fourth-order valence-corrected chi connectivity index (χ4v) is 3.37. The van der Waals surface area contributed by atoms with Crippen molar-refractivity contribution >= 4 is 39.0 Å². The van der Waals surface area contributed by atoms with Gasteiger partial charge in [0.25, 0.3) is 0 Å². The monoisotopic (exact) mass is 372 g/mol. The summed E-state index contributed by atoms with van der Waals surface area (Å²) >= 11 is 11.7. The Morgan fingerprint density at radius 1 is 1.09 bits per heavy atom. The van der Waals surface area contributed by atoms with Crippen LogP contribution in [0.2, 0.25) is 10.0 Å². The van der Waals surface area contributed by atoms with Crippen LogP contribution in [-0.4, -0.2) is 20.1 Å². The fraction of sp³-hybridized carbons (Fsp3) is 0.188. The zero-order valence-electron chi connectivity index (χ0n) is 12.3. The first-order valence-electron chi connectivity index (χ1n) is 6.74. The molecular formula is C16H14Cl2O4S. The molecule has 2 aromatic carbocycles. The second kappa shape index (κ2) is 7.34. The van der Waals surface area contributed by atoms with E-state index < -0.39 is 15.8 Å². The number of carbonyl (C=O) groups excluding carboxylic acids is 1. The van der Waals surface area contributed by atoms with Gasteiger partial charge in [0.1, 0.15) is 5.02 Å². The Labute approximate surface area is 144 Å². The Morgan fingerprint density at radius 3 is 2.39 bits per heavy atom. The van der Waals surface area contributed by atoms with E-state index in [1.807, 2.05) is 6.92 Å². The zero-order valence-corrected chi connectivity index (χ0v) is 14.6. The van der Waals surface area contributed by atoms with E-state index in [-0.39, 0.29) is 32.9 Å². The number of esters is 1. The molecule has 4 nitrogen and oxygen atoms in total. The molecule has 23 heavy (non-hydrogen) atoms. The van der Waals surface area contributed by atoms with Crippen LogP contribution < -0.4 is 4.74 Å². The van der Waals surface area contributed by atoms with Crippen LogP contribution in [0.25, 0.3) is 0 Å². The summed E-state index contributed by atoms with van der Waals surface area (Å²) in [5.41, 5.74) is 0.957. The molecule has 0 aliphatic rings. The first kappa shape index (κ1) is 17.8. The van der Waals surface area contributed by atoms with E-state index in [4.69, 9.17) is 27.9 Å². The summed E-state index contributed by atoms with van der Waals surface area (Å²) in [6, 6.07) is 11.1. The smallest absolute Gasteiger partial charge is 0.312 e. The molecule has 122 valence electrons. The second-order valence-electron chi connectivity index (χ2n) is 4.91. The number of carbonyl (C=O) groups is 1. The molecule has 0 aliphatic heterocycles. The van der Waals surface area contributed by atoms with Crippen molar-refractivity contribution in [2.45, 2.75) is 18.2 Å². The normalized spacial score (nSPS) is 11.3. The summed E-state index contributed by atoms with van der Waals surface area (Å²) in [6.45, 7) is 1.86. The van der Waals surface area contributed by atoms with Crippen molar-refractivity contribution in [1.29, 1.82) is 0 Å². The summed E-state index contributed by atoms with van der Waals surface area (Å²) in [5.74, 6) is -0.922. The molecule has 7 heteroatoms. The number of sulfone groups is 1. The molecule has 0 bridgehead atoms. The molecule has 0 spiro atoms. The molecule has 0 heterocycles. The van der Waals surface area contributed by atoms with Crippen LogP contribution >= 0.6 is 23.2 Å². The molecule has 0 N–H and O–H groups in total. The third-order valence-corrected chi connectivity index (χ3v) is 5.63. The summed E-state index contributed by atoms with van der Waals surface area (Å²) in [4.78, 5) is 12.0. The average Bonchev–Trinajstić information content (AvgIpc) is 2.50. The minimum absolute atomic E-state index is 0.108. The average molecular weight is 373 g/mol. The molecule has 0 radical (unpaired) electrons. The van der Waals surface area contributed by atoms with E-state index in [1.165, 1.54) is 18.2 Å². The van der Waals surface area contributed by atoms with Gasteiger partial charge in [-0.25, -0.2) is 8.42 Å². The molecule has 2 rings (SSSR count). The van der Waals surface area contributed by atoms with Crippen molar-refractivity contribution in [1.82, 2.24) is 0 Å². The van der Waals surface area contributed by atoms with E-state index in [9.17, 15) is 13.2 Å². The molecule has 2 aromatic rings. The standard InChI is InChI=1S/C16H14Cl2O4S/c1-11-5-7-12(8-6-11)23(20,21)10-9-15(19)22-14-4-2-3-13(17)16(14)18/h2-8H,9-10H2,1H3. The molecule has 0 amide bonds. The topological polar surface area (TPSA) is 60.4 Å². The van der Waals surface area contributed by atoms with Crippen molar-refractivity contribution in [3.05, 3.63) is 58.1 Å². The van der Waals surface area contributed by atoms with Crippen LogP contribution in [0.1, 0.15) is 12.0 Å². The van der Waals surface area contributed by atoms with Gasteiger partial charge in [-0.1, -0.05) is 47.0 Å². The number of benzene rings is 2. The Kier molecular flexibility index (Phi) is 5.68. The van der Waals surface area contributed by atoms with Crippen LogP contribution in [0, 0.1) is 6.92 Å². The highest BCUT2D eigenvalue weighted by molar-refractivity contribution is 7.91. The number of ether oxygens (including phenoxy) is 1. The van der Waals surface area contributed by atoms with Crippen molar-refractivity contribution in [3.63, 3.8) is 0 Å². The number of hydrogen-bond donors (Lipinski definition) is 0. The SMILES string of the molecule is Cc1ccc(S(=O)(=O)CCC(=O)Oc2cccc(Cl)c2Cl)cc1. The van der Waals surface area contributed by atoms with Gasteiger partial charge in [0, 0.05) is 0 Å². The maximum absolute atomic E-state index is 12.2. The molecule has 0 fully saturated rings. The minimum Gasteiger partial charge on any atom is -0.425 e. The van der Waals surface area contributed by atoms with Gasteiger partial charge < -0.3 is 4.74 Å². The maximum atomic E-state index is 12.2. The Balaban J connectivity index is 2.01. The Bertz CT molecular complexity index is 814. The van der Waals surface area contributed by atoms with Gasteiger partial charge >= 0.3 is 5.97 Å². The van der Waals surface area contributed by atoms with Crippen molar-refractivity contribution in [2.24, 2.45) is 0 Å². The summed E-state index contributed by atoms with van der Waals surface area (Å²) in [5, 5.41) is 0.369. The highest BCUT2D eigenvalue weighted by Crippen LogP contribution is 2.31. The molecule has 0 saturated carbocycles. The summed E-state index contributed by atoms with van der Waals surface area (Å²) in [6.07, 6.45) is -0.279. The largest absolute Gasteiger partial charge is 0.425 e. The zero-order chi connectivity index (χ0) is 17.0. The van der Waals surface area contributed by atoms with Crippen molar-refractivity contribution in [2.75, 3.05) is 5.75 Å². The predicted octanol–water partition coefficient (Wildman–Crippen LogP) is 4.07. The second-order valence-corrected chi connectivity index (χ2v) is 7.80. The molecule has 0 saturated heterocycles. The number of rotatable bonds is 5. The van der Waals surface area contributed by atoms with Crippen LogP contribution in [0.5, 0.6) is 5.75 Å². The Hall–Kier alpha value is -1.56. The van der Waals surface area contributed by atoms with Crippen molar-refractivity contribution in [3.8, 4) is 5.75 Å². The third-order valence-electron chi connectivity index (χ3n) is 3.09. The number of aryl methyl sites for hydroxylation is 1. The molecule has 0 atom stereocenters. The van der Waals surface area contributed by atoms with Gasteiger partial charge in [-0.2, -0.15) is 0 Å². The van der Waals surface area contributed by atoms with Gasteiger partial charge in [0.15, 0.2) is 15.6 Å². The fourth-order valence-electron chi connectivity index (χ4n) is 1.82. The lowest BCUT2D eigenvalue weighted by Gasteiger charge is -2.08. The van der Waals surface area contributed by atoms with Gasteiger partial charge in [-0.3, -0.25) is 4.79 Å². The highest BCUT2D eigenvalue weighted by Gasteiger charge is 2.18. The molecular weight excluding hydrogens is 359 g/mol. The Morgan fingerprint density at radius 2 is 1.74 bits per heavy atom. The highest BCUT2D eigenvalue weighted by atomic mass is 35.5. The van der Waals surface area contributed by atoms with Crippen LogP contribution in [0.15, 0.2) is 47.4 Å². The van der Waals surface area contributed by atoms with Crippen LogP contribution in [-0.2, 0) is 14.6 Å². The summed E-state index contributed by atoms with van der Waals surface area (Å²) in [7, 11) is -3.54. The van der Waals surface area contributed by atoms with Gasteiger partial charge in [0.05, 0.1) is 22.1 Å². The maximum Gasteiger partial charge on any atom is 0.312 e. The lowest BCUT2D eigenvalue weighted by molar-refractivity contribution is -0.133. The summed E-state index contributed by atoms with van der Waals surface area (Å²) < 4.78 is 29.4. The molecule has 0 aliphatic carbocycles. The molecule has 0 unspecified atom stereocenters. The number of halogens is 2. The first-order valence-corrected chi connectivity index (χ1v) is 9.14. The van der Waals surface area contributed by atoms with E-state index in [1.54, 1.807) is 24.3 Å². The van der Waals surface area contributed by atoms with Crippen LogP contribution in [0.3, 0.4) is 0 Å². The van der Waals surface area contributed by atoms with E-state index in [0.29, 0.717) is 0 Å². The van der Waals surface area contributed by atoms with E-state index in [0.717, 1.165) is 5.56 Å². The van der Waals surface area contributed by atoms with Crippen LogP contribution in [0.4, 0.5) is 0 Å². The lowest BCUT2D eigenvalue weighted by atomic mass is 10.2. The minimum atomic E-state index is -3.54. The number of hydrogen-bond acceptors (Lipinski definition) is 4.